The van der Waals surface area contributed by atoms with Gasteiger partial charge in [0.05, 0.1) is 0 Å². The lowest BCUT2D eigenvalue weighted by Gasteiger charge is -2.26. The summed E-state index contributed by atoms with van der Waals surface area (Å²) in [5.41, 5.74) is 4.48. The van der Waals surface area contributed by atoms with Crippen molar-refractivity contribution in [3.8, 4) is 0 Å². The van der Waals surface area contributed by atoms with Crippen LogP contribution in [0.15, 0.2) is 110 Å². The van der Waals surface area contributed by atoms with Gasteiger partial charge in [-0.1, -0.05) is 172 Å². The number of unbranched alkanes of at least 4 members (excludes halogenated alkanes) is 2. The first-order valence-corrected chi connectivity index (χ1v) is 15.7. The molecule has 0 heterocycles. The van der Waals surface area contributed by atoms with E-state index in [1.807, 2.05) is 18.2 Å². The van der Waals surface area contributed by atoms with Gasteiger partial charge in [-0.2, -0.15) is 0 Å². The Morgan fingerprint density at radius 2 is 1.30 bits per heavy atom. The molecule has 2 atom stereocenters. The van der Waals surface area contributed by atoms with Gasteiger partial charge in [-0.25, -0.2) is 0 Å². The molecule has 0 fully saturated rings. The molecule has 2 aromatic carbocycles. The molecule has 2 rings (SSSR count). The van der Waals surface area contributed by atoms with E-state index in [1.54, 1.807) is 0 Å². The van der Waals surface area contributed by atoms with Crippen LogP contribution in [0.5, 0.6) is 0 Å². The first-order valence-electron chi connectivity index (χ1n) is 15.7. The van der Waals surface area contributed by atoms with E-state index in [0.29, 0.717) is 11.8 Å². The fraction of sp³-hybridized carbons (Fsp3) is 0.500. The van der Waals surface area contributed by atoms with Crippen LogP contribution < -0.4 is 0 Å². The molecular formula is C40H64. The fourth-order valence-electron chi connectivity index (χ4n) is 3.94. The maximum absolute atomic E-state index is 3.74. The molecule has 0 saturated carbocycles. The predicted octanol–water partition coefficient (Wildman–Crippen LogP) is 13.3. The minimum Gasteiger partial charge on any atom is -0.103 e. The van der Waals surface area contributed by atoms with Gasteiger partial charge in [0.2, 0.25) is 0 Å². The van der Waals surface area contributed by atoms with E-state index in [1.165, 1.54) is 42.4 Å². The van der Waals surface area contributed by atoms with Crippen LogP contribution in [0.3, 0.4) is 0 Å². The van der Waals surface area contributed by atoms with E-state index in [0.717, 1.165) is 18.8 Å². The van der Waals surface area contributed by atoms with Crippen LogP contribution in [0.4, 0.5) is 0 Å². The quantitative estimate of drug-likeness (QED) is 0.233. The Kier molecular flexibility index (Phi) is 25.1. The van der Waals surface area contributed by atoms with Crippen LogP contribution in [0.2, 0.25) is 0 Å². The van der Waals surface area contributed by atoms with Crippen LogP contribution in [0, 0.1) is 11.8 Å². The summed E-state index contributed by atoms with van der Waals surface area (Å²) in [4.78, 5) is 0. The van der Waals surface area contributed by atoms with E-state index >= 15 is 0 Å². The van der Waals surface area contributed by atoms with Gasteiger partial charge in [-0.15, -0.1) is 13.2 Å². The zero-order valence-electron chi connectivity index (χ0n) is 28.0. The molecule has 0 N–H and O–H groups in total. The Hall–Kier alpha value is -2.60. The van der Waals surface area contributed by atoms with Crippen LogP contribution in [-0.2, 0) is 5.41 Å². The second kappa shape index (κ2) is 25.4. The van der Waals surface area contributed by atoms with Gasteiger partial charge in [-0.05, 0) is 66.9 Å². The number of allylic oxidation sites excluding steroid dienone is 6. The zero-order chi connectivity index (χ0) is 30.8. The van der Waals surface area contributed by atoms with Gasteiger partial charge in [-0.3, -0.25) is 0 Å². The molecule has 0 saturated heterocycles. The minimum atomic E-state index is 0.221. The Morgan fingerprint density at radius 3 is 1.70 bits per heavy atom. The van der Waals surface area contributed by atoms with Gasteiger partial charge >= 0.3 is 0 Å². The van der Waals surface area contributed by atoms with Crippen molar-refractivity contribution in [2.45, 2.75) is 119 Å². The van der Waals surface area contributed by atoms with Crippen LogP contribution in [0.1, 0.15) is 125 Å². The second-order valence-electron chi connectivity index (χ2n) is 11.7. The van der Waals surface area contributed by atoms with Crippen molar-refractivity contribution in [1.29, 1.82) is 0 Å². The number of hydrogen-bond acceptors (Lipinski definition) is 0. The van der Waals surface area contributed by atoms with Gasteiger partial charge < -0.3 is 0 Å². The average Bonchev–Trinajstić information content (AvgIpc) is 2.95. The highest BCUT2D eigenvalue weighted by molar-refractivity contribution is 5.26. The van der Waals surface area contributed by atoms with Crippen molar-refractivity contribution in [3.63, 3.8) is 0 Å². The summed E-state index contributed by atoms with van der Waals surface area (Å²) in [6.45, 7) is 29.7. The van der Waals surface area contributed by atoms with Gasteiger partial charge in [0.1, 0.15) is 0 Å². The summed E-state index contributed by atoms with van der Waals surface area (Å²) >= 11 is 0. The molecule has 0 bridgehead atoms. The summed E-state index contributed by atoms with van der Waals surface area (Å²) in [5, 5.41) is 0. The van der Waals surface area contributed by atoms with E-state index in [9.17, 15) is 0 Å². The molecule has 224 valence electrons. The molecule has 2 unspecified atom stereocenters. The first kappa shape index (κ1) is 39.5. The van der Waals surface area contributed by atoms with Crippen LogP contribution in [0.25, 0.3) is 0 Å². The van der Waals surface area contributed by atoms with Gasteiger partial charge in [0, 0.05) is 0 Å². The highest BCUT2D eigenvalue weighted by atomic mass is 14.2. The van der Waals surface area contributed by atoms with Gasteiger partial charge in [0.15, 0.2) is 0 Å². The van der Waals surface area contributed by atoms with Crippen molar-refractivity contribution in [2.24, 2.45) is 11.8 Å². The van der Waals surface area contributed by atoms with Crippen molar-refractivity contribution in [3.05, 3.63) is 121 Å². The third-order valence-electron chi connectivity index (χ3n) is 6.90. The van der Waals surface area contributed by atoms with Crippen molar-refractivity contribution >= 4 is 0 Å². The summed E-state index contributed by atoms with van der Waals surface area (Å²) in [7, 11) is 0. The Labute approximate surface area is 251 Å². The maximum atomic E-state index is 3.74. The molecule has 0 nitrogen and oxygen atoms in total. The summed E-state index contributed by atoms with van der Waals surface area (Å²) in [6, 6.07) is 21.2. The molecule has 0 aliphatic rings. The lowest BCUT2D eigenvalue weighted by Crippen LogP contribution is -2.17. The summed E-state index contributed by atoms with van der Waals surface area (Å²) in [6.07, 6.45) is 18.0. The minimum absolute atomic E-state index is 0.221. The highest BCUT2D eigenvalue weighted by Gasteiger charge is 2.20. The molecule has 0 amide bonds. The third kappa shape index (κ3) is 21.2. The molecular weight excluding hydrogens is 480 g/mol. The molecule has 2 aromatic rings. The Bertz CT molecular complexity index is 896. The molecule has 0 aromatic heterocycles. The van der Waals surface area contributed by atoms with Crippen molar-refractivity contribution < 1.29 is 0 Å². The van der Waals surface area contributed by atoms with E-state index in [-0.39, 0.29) is 5.41 Å². The van der Waals surface area contributed by atoms with Crippen LogP contribution in [-0.4, -0.2) is 0 Å². The maximum Gasteiger partial charge on any atom is -0.00131 e. The second-order valence-corrected chi connectivity index (χ2v) is 11.7. The average molecular weight is 545 g/mol. The Balaban J connectivity index is 0. The van der Waals surface area contributed by atoms with Gasteiger partial charge in [0.25, 0.3) is 0 Å². The molecule has 0 aliphatic carbocycles. The number of benzene rings is 2. The molecule has 0 aliphatic heterocycles. The standard InChI is InChI=1S/C18H28.C10H12.C7H14.C5H10/c1-14(2)16(4)12-15(3)13-18(5,6)17-10-8-7-9-11-17;1-3-9(2)10-7-5-4-6-8-10;1-3-5-7-6-4-2;1-3-5-4-2/h7-12,14,16H,13H2,1-6H3;3-9H,1H2,2H3;5,7H,3-4,6H2,1-2H3;3H,1,4-5H2,2H3/b15-12+;;7-5+;. The number of hydrogen-bond donors (Lipinski definition) is 0. The molecule has 0 radical (unpaired) electrons. The van der Waals surface area contributed by atoms with Crippen molar-refractivity contribution in [1.82, 2.24) is 0 Å². The number of rotatable bonds is 12. The van der Waals surface area contributed by atoms with E-state index < -0.39 is 0 Å². The normalized spacial score (nSPS) is 12.6. The lowest BCUT2D eigenvalue weighted by molar-refractivity contribution is 0.485. The highest BCUT2D eigenvalue weighted by Crippen LogP contribution is 2.31. The molecule has 40 heavy (non-hydrogen) atoms. The fourth-order valence-corrected chi connectivity index (χ4v) is 3.94. The van der Waals surface area contributed by atoms with Crippen molar-refractivity contribution in [2.75, 3.05) is 0 Å². The molecule has 0 spiro atoms. The van der Waals surface area contributed by atoms with Crippen LogP contribution >= 0.6 is 0 Å². The first-order chi connectivity index (χ1) is 19.0. The molecule has 0 heteroatoms. The third-order valence-corrected chi connectivity index (χ3v) is 6.90. The van der Waals surface area contributed by atoms with E-state index in [4.69, 9.17) is 0 Å². The topological polar surface area (TPSA) is 0 Å². The predicted molar refractivity (Wildman–Crippen MR) is 186 cm³/mol. The smallest absolute Gasteiger partial charge is 0.00131 e. The Morgan fingerprint density at radius 1 is 0.775 bits per heavy atom. The largest absolute Gasteiger partial charge is 0.103 e. The zero-order valence-corrected chi connectivity index (χ0v) is 28.0. The lowest BCUT2D eigenvalue weighted by atomic mass is 9.78. The van der Waals surface area contributed by atoms with E-state index in [2.05, 4.69) is 155 Å². The SMILES string of the molecule is C/C(=C\C(C)C(C)C)CC(C)(C)c1ccccc1.C=CC(C)c1ccccc1.C=CCCC.CC/C=C/CCC. The summed E-state index contributed by atoms with van der Waals surface area (Å²) in [5.74, 6) is 1.86. The summed E-state index contributed by atoms with van der Waals surface area (Å²) < 4.78 is 0. The monoisotopic (exact) mass is 545 g/mol.